The van der Waals surface area contributed by atoms with Crippen LogP contribution < -0.4 is 5.73 Å². The number of hydrogen-bond donors (Lipinski definition) is 1. The second-order valence-electron chi connectivity index (χ2n) is 3.83. The maximum Gasteiger partial charge on any atom is 0.00871 e. The molecule has 1 aromatic rings. The molecule has 0 aliphatic rings. The van der Waals surface area contributed by atoms with Gasteiger partial charge in [-0.15, -0.1) is 11.3 Å². The van der Waals surface area contributed by atoms with Gasteiger partial charge in [-0.25, -0.2) is 0 Å². The summed E-state index contributed by atoms with van der Waals surface area (Å²) in [4.78, 5) is 2.92. The highest BCUT2D eigenvalue weighted by Crippen LogP contribution is 2.19. The van der Waals surface area contributed by atoms with Crippen LogP contribution in [0.15, 0.2) is 12.1 Å². The first-order valence-corrected chi connectivity index (χ1v) is 6.41. The number of thiophene rings is 1. The Hall–Kier alpha value is -0.340. The SMILES string of the molecule is CCCCC(N)Cc1ccc(CC)s1. The Morgan fingerprint density at radius 1 is 1.29 bits per heavy atom. The molecule has 0 amide bonds. The summed E-state index contributed by atoms with van der Waals surface area (Å²) in [5, 5.41) is 0. The zero-order valence-electron chi connectivity index (χ0n) is 9.25. The fourth-order valence-electron chi connectivity index (χ4n) is 1.55. The highest BCUT2D eigenvalue weighted by atomic mass is 32.1. The quantitative estimate of drug-likeness (QED) is 0.767. The van der Waals surface area contributed by atoms with Gasteiger partial charge in [-0.05, 0) is 31.4 Å². The van der Waals surface area contributed by atoms with E-state index in [-0.39, 0.29) is 0 Å². The van der Waals surface area contributed by atoms with Crippen LogP contribution in [0.25, 0.3) is 0 Å². The van der Waals surface area contributed by atoms with E-state index in [4.69, 9.17) is 5.73 Å². The smallest absolute Gasteiger partial charge is 0.00871 e. The molecule has 1 unspecified atom stereocenters. The van der Waals surface area contributed by atoms with Gasteiger partial charge < -0.3 is 5.73 Å². The number of nitrogens with two attached hydrogens (primary N) is 1. The Labute approximate surface area is 91.3 Å². The summed E-state index contributed by atoms with van der Waals surface area (Å²) in [6.07, 6.45) is 5.88. The van der Waals surface area contributed by atoms with Crippen LogP contribution in [0.3, 0.4) is 0 Å². The summed E-state index contributed by atoms with van der Waals surface area (Å²) in [6, 6.07) is 4.82. The summed E-state index contributed by atoms with van der Waals surface area (Å²) in [7, 11) is 0. The molecule has 0 radical (unpaired) electrons. The largest absolute Gasteiger partial charge is 0.327 e. The molecule has 0 aromatic carbocycles. The van der Waals surface area contributed by atoms with Crippen LogP contribution in [-0.4, -0.2) is 6.04 Å². The minimum Gasteiger partial charge on any atom is -0.327 e. The van der Waals surface area contributed by atoms with Crippen LogP contribution in [0.4, 0.5) is 0 Å². The molecule has 1 aromatic heterocycles. The fraction of sp³-hybridized carbons (Fsp3) is 0.667. The minimum atomic E-state index is 0.360. The predicted octanol–water partition coefficient (Wildman–Crippen LogP) is 3.37. The molecule has 80 valence electrons. The first-order valence-electron chi connectivity index (χ1n) is 5.59. The van der Waals surface area contributed by atoms with Crippen molar-refractivity contribution in [3.05, 3.63) is 21.9 Å². The maximum absolute atomic E-state index is 6.05. The lowest BCUT2D eigenvalue weighted by Crippen LogP contribution is -2.21. The molecule has 2 N–H and O–H groups in total. The third kappa shape index (κ3) is 3.81. The van der Waals surface area contributed by atoms with Crippen LogP contribution in [0, 0.1) is 0 Å². The van der Waals surface area contributed by atoms with Gasteiger partial charge in [0.15, 0.2) is 0 Å². The van der Waals surface area contributed by atoms with Gasteiger partial charge in [0.25, 0.3) is 0 Å². The Balaban J connectivity index is 2.35. The number of hydrogen-bond acceptors (Lipinski definition) is 2. The van der Waals surface area contributed by atoms with Crippen molar-refractivity contribution in [1.29, 1.82) is 0 Å². The van der Waals surface area contributed by atoms with Crippen molar-refractivity contribution in [2.45, 2.75) is 52.0 Å². The molecule has 0 saturated carbocycles. The highest BCUT2D eigenvalue weighted by Gasteiger charge is 2.05. The molecular weight excluding hydrogens is 190 g/mol. The molecule has 1 nitrogen and oxygen atoms in total. The lowest BCUT2D eigenvalue weighted by atomic mass is 10.1. The molecular formula is C12H21NS. The third-order valence-electron chi connectivity index (χ3n) is 2.46. The van der Waals surface area contributed by atoms with Crippen LogP contribution in [0.2, 0.25) is 0 Å². The standard InChI is InChI=1S/C12H21NS/c1-3-5-6-10(13)9-12-8-7-11(4-2)14-12/h7-8,10H,3-6,9,13H2,1-2H3. The molecule has 1 heterocycles. The molecule has 2 heteroatoms. The fourth-order valence-corrected chi connectivity index (χ4v) is 2.60. The van der Waals surface area contributed by atoms with Gasteiger partial charge in [0.1, 0.15) is 0 Å². The zero-order chi connectivity index (χ0) is 10.4. The average molecular weight is 211 g/mol. The minimum absolute atomic E-state index is 0.360. The predicted molar refractivity (Wildman–Crippen MR) is 64.9 cm³/mol. The molecule has 0 saturated heterocycles. The van der Waals surface area contributed by atoms with E-state index < -0.39 is 0 Å². The van der Waals surface area contributed by atoms with E-state index in [1.807, 2.05) is 11.3 Å². The second kappa shape index (κ2) is 6.20. The zero-order valence-corrected chi connectivity index (χ0v) is 10.1. The average Bonchev–Trinajstić information content (AvgIpc) is 2.62. The summed E-state index contributed by atoms with van der Waals surface area (Å²) in [6.45, 7) is 4.42. The van der Waals surface area contributed by atoms with Gasteiger partial charge in [0.2, 0.25) is 0 Å². The lowest BCUT2D eigenvalue weighted by Gasteiger charge is -2.08. The van der Waals surface area contributed by atoms with Crippen molar-refractivity contribution in [2.75, 3.05) is 0 Å². The summed E-state index contributed by atoms with van der Waals surface area (Å²) >= 11 is 1.91. The van der Waals surface area contributed by atoms with E-state index >= 15 is 0 Å². The lowest BCUT2D eigenvalue weighted by molar-refractivity contribution is 0.577. The van der Waals surface area contributed by atoms with E-state index in [2.05, 4.69) is 26.0 Å². The van der Waals surface area contributed by atoms with Crippen molar-refractivity contribution in [2.24, 2.45) is 5.73 Å². The van der Waals surface area contributed by atoms with Gasteiger partial charge in [-0.1, -0.05) is 26.7 Å². The van der Waals surface area contributed by atoms with E-state index in [0.29, 0.717) is 6.04 Å². The Morgan fingerprint density at radius 3 is 2.57 bits per heavy atom. The van der Waals surface area contributed by atoms with E-state index in [9.17, 15) is 0 Å². The normalized spacial score (nSPS) is 13.1. The maximum atomic E-state index is 6.05. The van der Waals surface area contributed by atoms with Crippen molar-refractivity contribution >= 4 is 11.3 Å². The van der Waals surface area contributed by atoms with E-state index in [0.717, 1.165) is 19.3 Å². The van der Waals surface area contributed by atoms with Gasteiger partial charge in [0.05, 0.1) is 0 Å². The Kier molecular flexibility index (Phi) is 5.20. The molecule has 1 atom stereocenters. The number of aryl methyl sites for hydroxylation is 1. The van der Waals surface area contributed by atoms with Crippen molar-refractivity contribution in [3.63, 3.8) is 0 Å². The van der Waals surface area contributed by atoms with E-state index in [1.54, 1.807) is 0 Å². The molecule has 0 fully saturated rings. The molecule has 0 bridgehead atoms. The van der Waals surface area contributed by atoms with E-state index in [1.165, 1.54) is 22.6 Å². The second-order valence-corrected chi connectivity index (χ2v) is 5.08. The molecule has 0 spiro atoms. The van der Waals surface area contributed by atoms with Gasteiger partial charge in [-0.2, -0.15) is 0 Å². The molecule has 14 heavy (non-hydrogen) atoms. The van der Waals surface area contributed by atoms with Crippen molar-refractivity contribution in [3.8, 4) is 0 Å². The van der Waals surface area contributed by atoms with Crippen molar-refractivity contribution < 1.29 is 0 Å². The van der Waals surface area contributed by atoms with Gasteiger partial charge >= 0.3 is 0 Å². The van der Waals surface area contributed by atoms with Gasteiger partial charge in [-0.3, -0.25) is 0 Å². The number of unbranched alkanes of at least 4 members (excludes halogenated alkanes) is 1. The van der Waals surface area contributed by atoms with Gasteiger partial charge in [0, 0.05) is 15.8 Å². The Morgan fingerprint density at radius 2 is 2.00 bits per heavy atom. The van der Waals surface area contributed by atoms with Crippen LogP contribution >= 0.6 is 11.3 Å². The summed E-state index contributed by atoms with van der Waals surface area (Å²) in [5.74, 6) is 0. The first-order chi connectivity index (χ1) is 6.76. The van der Waals surface area contributed by atoms with Crippen molar-refractivity contribution in [1.82, 2.24) is 0 Å². The Bertz CT molecular complexity index is 255. The van der Waals surface area contributed by atoms with Crippen LogP contribution in [-0.2, 0) is 12.8 Å². The number of rotatable bonds is 6. The third-order valence-corrected chi connectivity index (χ3v) is 3.71. The topological polar surface area (TPSA) is 26.0 Å². The summed E-state index contributed by atoms with van der Waals surface area (Å²) in [5.41, 5.74) is 6.05. The first kappa shape index (κ1) is 11.7. The molecule has 1 rings (SSSR count). The highest BCUT2D eigenvalue weighted by molar-refractivity contribution is 7.11. The molecule has 0 aliphatic heterocycles. The molecule has 0 aliphatic carbocycles. The van der Waals surface area contributed by atoms with Crippen LogP contribution in [0.1, 0.15) is 42.9 Å². The van der Waals surface area contributed by atoms with Crippen LogP contribution in [0.5, 0.6) is 0 Å². The monoisotopic (exact) mass is 211 g/mol. The summed E-state index contributed by atoms with van der Waals surface area (Å²) < 4.78 is 0.